The number of rotatable bonds is 7. The monoisotopic (exact) mass is 471 g/mol. The molecule has 0 atom stereocenters. The van der Waals surface area contributed by atoms with Crippen molar-refractivity contribution in [2.24, 2.45) is 0 Å². The summed E-state index contributed by atoms with van der Waals surface area (Å²) in [5.74, 6) is 5.82. The normalized spacial score (nSPS) is 18.3. The molecule has 34 heavy (non-hydrogen) atoms. The Morgan fingerprint density at radius 2 is 2.03 bits per heavy atom. The van der Waals surface area contributed by atoms with Crippen LogP contribution < -0.4 is 4.74 Å². The molecule has 0 saturated carbocycles. The number of nitrogens with zero attached hydrogens (tertiary/aromatic N) is 3. The first-order chi connectivity index (χ1) is 16.7. The van der Waals surface area contributed by atoms with Gasteiger partial charge in [-0.2, -0.15) is 4.89 Å². The van der Waals surface area contributed by atoms with Crippen LogP contribution in [-0.4, -0.2) is 52.8 Å². The summed E-state index contributed by atoms with van der Waals surface area (Å²) < 4.78 is 14.3. The van der Waals surface area contributed by atoms with Crippen LogP contribution in [-0.2, 0) is 44.9 Å². The van der Waals surface area contributed by atoms with E-state index in [1.54, 1.807) is 6.92 Å². The molecule has 1 spiro atoms. The Bertz CT molecular complexity index is 951. The lowest BCUT2D eigenvalue weighted by atomic mass is 9.84. The van der Waals surface area contributed by atoms with Gasteiger partial charge in [-0.3, -0.25) is 9.58 Å². The van der Waals surface area contributed by atoms with E-state index in [4.69, 9.17) is 14.7 Å². The number of aryl methyl sites for hydroxylation is 2. The topological polar surface area (TPSA) is 87.4 Å². The van der Waals surface area contributed by atoms with E-state index in [0.717, 1.165) is 57.9 Å². The Kier molecular flexibility index (Phi) is 8.93. The van der Waals surface area contributed by atoms with Crippen LogP contribution in [0.5, 0.6) is 5.88 Å². The average molecular weight is 472 g/mol. The summed E-state index contributed by atoms with van der Waals surface area (Å²) in [5, 5.41) is 18.7. The molecule has 0 unspecified atom stereocenters. The minimum absolute atomic E-state index is 0.0448. The maximum Gasteiger partial charge on any atom is 0.233 e. The molecule has 0 aliphatic carbocycles. The van der Waals surface area contributed by atoms with Crippen molar-refractivity contribution in [1.82, 2.24) is 14.7 Å². The number of likely N-dealkylation sites (tertiary alicyclic amines) is 1. The van der Waals surface area contributed by atoms with Gasteiger partial charge in [-0.1, -0.05) is 30.2 Å². The van der Waals surface area contributed by atoms with Crippen molar-refractivity contribution >= 4 is 0 Å². The molecule has 2 aromatic rings. The van der Waals surface area contributed by atoms with Gasteiger partial charge in [-0.05, 0) is 60.2 Å². The van der Waals surface area contributed by atoms with Gasteiger partial charge in [0.15, 0.2) is 0 Å². The van der Waals surface area contributed by atoms with Crippen molar-refractivity contribution in [2.75, 3.05) is 32.8 Å². The standard InChI is InChI=1S/C21H27N3O2.C4H6O4/c1-2-7-19-17(5-1)16-26-21(19)8-11-23(12-9-21)13-14-25-20-15-18-6-3-4-10-24(18)22-20;1-2-3-4-6-8-7-5/h1-2,5,7,15H,3-4,6,8-14,16H2;5H,4H2,1H3. The molecule has 0 radical (unpaired) electrons. The number of hydrogen-bond acceptors (Lipinski definition) is 8. The van der Waals surface area contributed by atoms with E-state index < -0.39 is 0 Å². The number of benzene rings is 1. The highest BCUT2D eigenvalue weighted by Crippen LogP contribution is 2.43. The summed E-state index contributed by atoms with van der Waals surface area (Å²) in [7, 11) is 0. The van der Waals surface area contributed by atoms with Crippen molar-refractivity contribution in [1.29, 1.82) is 0 Å². The van der Waals surface area contributed by atoms with Crippen LogP contribution in [0.25, 0.3) is 0 Å². The van der Waals surface area contributed by atoms with Crippen molar-refractivity contribution in [3.05, 3.63) is 47.2 Å². The first kappa shape index (κ1) is 24.7. The van der Waals surface area contributed by atoms with Gasteiger partial charge in [-0.25, -0.2) is 5.26 Å². The molecule has 4 heterocycles. The Morgan fingerprint density at radius 1 is 1.18 bits per heavy atom. The molecule has 3 aliphatic heterocycles. The molecule has 5 rings (SSSR count). The van der Waals surface area contributed by atoms with Crippen LogP contribution >= 0.6 is 0 Å². The summed E-state index contributed by atoms with van der Waals surface area (Å²) in [6.45, 7) is 7.34. The Labute approximate surface area is 200 Å². The van der Waals surface area contributed by atoms with E-state index in [0.29, 0.717) is 6.61 Å². The van der Waals surface area contributed by atoms with Gasteiger partial charge >= 0.3 is 0 Å². The fraction of sp³-hybridized carbons (Fsp3) is 0.560. The second kappa shape index (κ2) is 12.3. The van der Waals surface area contributed by atoms with Gasteiger partial charge in [0.2, 0.25) is 5.88 Å². The highest BCUT2D eigenvalue weighted by Gasteiger charge is 2.42. The summed E-state index contributed by atoms with van der Waals surface area (Å²) in [5.41, 5.74) is 4.06. The summed E-state index contributed by atoms with van der Waals surface area (Å²) in [6, 6.07) is 10.8. The van der Waals surface area contributed by atoms with E-state index in [9.17, 15) is 0 Å². The smallest absolute Gasteiger partial charge is 0.233 e. The zero-order chi connectivity index (χ0) is 23.6. The Hall–Kier alpha value is -2.45. The van der Waals surface area contributed by atoms with Crippen molar-refractivity contribution in [3.63, 3.8) is 0 Å². The van der Waals surface area contributed by atoms with E-state index in [1.165, 1.54) is 29.7 Å². The minimum atomic E-state index is -0.0448. The van der Waals surface area contributed by atoms with Gasteiger partial charge in [-0.15, -0.1) is 11.0 Å². The van der Waals surface area contributed by atoms with Crippen LogP contribution in [0, 0.1) is 11.8 Å². The van der Waals surface area contributed by atoms with Crippen LogP contribution in [0.2, 0.25) is 0 Å². The average Bonchev–Trinajstić information content (AvgIpc) is 3.45. The zero-order valence-corrected chi connectivity index (χ0v) is 19.7. The van der Waals surface area contributed by atoms with E-state index in [-0.39, 0.29) is 12.2 Å². The fourth-order valence-electron chi connectivity index (χ4n) is 4.82. The highest BCUT2D eigenvalue weighted by atomic mass is 17.6. The maximum atomic E-state index is 7.47. The third-order valence-corrected chi connectivity index (χ3v) is 6.61. The number of ether oxygens (including phenoxy) is 2. The minimum Gasteiger partial charge on any atom is -0.475 e. The molecule has 1 N–H and O–H groups in total. The molecule has 1 aromatic carbocycles. The van der Waals surface area contributed by atoms with Crippen LogP contribution in [0.1, 0.15) is 49.4 Å². The lowest BCUT2D eigenvalue weighted by Gasteiger charge is -2.39. The summed E-state index contributed by atoms with van der Waals surface area (Å²) in [4.78, 5) is 6.57. The molecule has 9 heteroatoms. The Morgan fingerprint density at radius 3 is 2.82 bits per heavy atom. The SMILES string of the molecule is CC#CCOOOO.c1ccc2c(c1)COC21CCN(CCOc2cc3n(n2)CCCC3)CC1. The van der Waals surface area contributed by atoms with Crippen LogP contribution in [0.3, 0.4) is 0 Å². The largest absolute Gasteiger partial charge is 0.475 e. The van der Waals surface area contributed by atoms with Gasteiger partial charge in [0.1, 0.15) is 13.2 Å². The van der Waals surface area contributed by atoms with Crippen molar-refractivity contribution in [3.8, 4) is 17.7 Å². The van der Waals surface area contributed by atoms with Crippen molar-refractivity contribution in [2.45, 2.75) is 57.8 Å². The Balaban J connectivity index is 0.000000297. The van der Waals surface area contributed by atoms with Gasteiger partial charge < -0.3 is 9.47 Å². The van der Waals surface area contributed by atoms with E-state index >= 15 is 0 Å². The molecule has 184 valence electrons. The first-order valence-electron chi connectivity index (χ1n) is 11.9. The van der Waals surface area contributed by atoms with Crippen LogP contribution in [0.15, 0.2) is 30.3 Å². The molecule has 1 fully saturated rings. The third kappa shape index (κ3) is 6.16. The highest BCUT2D eigenvalue weighted by molar-refractivity contribution is 5.35. The second-order valence-corrected chi connectivity index (χ2v) is 8.62. The third-order valence-electron chi connectivity index (χ3n) is 6.61. The molecule has 1 aromatic heterocycles. The van der Waals surface area contributed by atoms with Gasteiger partial charge in [0.25, 0.3) is 0 Å². The molecular weight excluding hydrogens is 438 g/mol. The predicted molar refractivity (Wildman–Crippen MR) is 123 cm³/mol. The zero-order valence-electron chi connectivity index (χ0n) is 19.7. The lowest BCUT2D eigenvalue weighted by molar-refractivity contribution is -0.620. The number of piperidine rings is 1. The number of fused-ring (bicyclic) bond motifs is 3. The molecule has 0 amide bonds. The van der Waals surface area contributed by atoms with Crippen molar-refractivity contribution < 1.29 is 29.7 Å². The number of aromatic nitrogens is 2. The van der Waals surface area contributed by atoms with Gasteiger partial charge in [0, 0.05) is 37.9 Å². The predicted octanol–water partition coefficient (Wildman–Crippen LogP) is 3.48. The summed E-state index contributed by atoms with van der Waals surface area (Å²) >= 11 is 0. The first-order valence-corrected chi connectivity index (χ1v) is 11.9. The quantitative estimate of drug-likeness (QED) is 0.284. The maximum absolute atomic E-state index is 7.47. The molecule has 3 aliphatic rings. The van der Waals surface area contributed by atoms with Crippen LogP contribution in [0.4, 0.5) is 0 Å². The molecule has 9 nitrogen and oxygen atoms in total. The fourth-order valence-corrected chi connectivity index (χ4v) is 4.82. The molecule has 0 bridgehead atoms. The van der Waals surface area contributed by atoms with E-state index in [2.05, 4.69) is 71.8 Å². The summed E-state index contributed by atoms with van der Waals surface area (Å²) in [6.07, 6.45) is 5.78. The van der Waals surface area contributed by atoms with Gasteiger partial charge in [0.05, 0.1) is 12.2 Å². The second-order valence-electron chi connectivity index (χ2n) is 8.62. The molecule has 1 saturated heterocycles. The lowest BCUT2D eigenvalue weighted by Crippen LogP contribution is -2.43. The van der Waals surface area contributed by atoms with E-state index in [1.807, 2.05) is 0 Å². The number of hydrogen-bond donors (Lipinski definition) is 1. The molecular formula is C25H33N3O6.